The van der Waals surface area contributed by atoms with E-state index >= 15 is 0 Å². The van der Waals surface area contributed by atoms with E-state index in [4.69, 9.17) is 12.2 Å². The number of hydrogen-bond donors (Lipinski definition) is 1. The third-order valence-corrected chi connectivity index (χ3v) is 3.04. The van der Waals surface area contributed by atoms with E-state index < -0.39 is 0 Å². The second kappa shape index (κ2) is 5.60. The molecule has 0 unspecified atom stereocenters. The summed E-state index contributed by atoms with van der Waals surface area (Å²) < 4.78 is 0. The molecule has 0 aliphatic heterocycles. The first kappa shape index (κ1) is 11.8. The summed E-state index contributed by atoms with van der Waals surface area (Å²) in [7, 11) is 0. The first-order valence-corrected chi connectivity index (χ1v) is 6.09. The zero-order valence-electron chi connectivity index (χ0n) is 9.76. The largest absolute Gasteiger partial charge is 0.369 e. The van der Waals surface area contributed by atoms with Gasteiger partial charge < -0.3 is 5.32 Å². The average molecular weight is 241 g/mol. The van der Waals surface area contributed by atoms with Crippen LogP contribution in [0.5, 0.6) is 0 Å². The van der Waals surface area contributed by atoms with Crippen LogP contribution in [-0.4, -0.2) is 4.99 Å². The highest BCUT2D eigenvalue weighted by Gasteiger charge is 2.07. The van der Waals surface area contributed by atoms with E-state index in [2.05, 4.69) is 24.4 Å². The summed E-state index contributed by atoms with van der Waals surface area (Å²) >= 11 is 5.39. The van der Waals surface area contributed by atoms with Gasteiger partial charge in [-0.2, -0.15) is 0 Å². The van der Waals surface area contributed by atoms with Crippen LogP contribution in [0.1, 0.15) is 24.1 Å². The fourth-order valence-corrected chi connectivity index (χ4v) is 2.01. The first-order chi connectivity index (χ1) is 8.27. The highest BCUT2D eigenvalue weighted by Crippen LogP contribution is 2.12. The maximum atomic E-state index is 5.39. The summed E-state index contributed by atoms with van der Waals surface area (Å²) in [6.45, 7) is 2.12. The highest BCUT2D eigenvalue weighted by atomic mass is 32.1. The van der Waals surface area contributed by atoms with Crippen molar-refractivity contribution in [1.29, 1.82) is 0 Å². The van der Waals surface area contributed by atoms with Gasteiger partial charge in [-0.1, -0.05) is 72.9 Å². The van der Waals surface area contributed by atoms with Crippen LogP contribution in [0.25, 0.3) is 0 Å². The van der Waals surface area contributed by atoms with Crippen LogP contribution in [0.4, 0.5) is 0 Å². The zero-order chi connectivity index (χ0) is 12.1. The Kier molecular flexibility index (Phi) is 3.89. The standard InChI is InChI=1S/C15H15NS/c1-12(13-8-4-2-5-9-13)16-15(17)14-10-6-3-7-11-14/h2-12H,1H3,(H,16,17)/t12-/m1/s1. The lowest BCUT2D eigenvalue weighted by molar-refractivity contribution is 0.724. The summed E-state index contributed by atoms with van der Waals surface area (Å²) in [5.74, 6) is 0. The molecule has 2 heteroatoms. The molecule has 0 bridgehead atoms. The molecule has 0 amide bonds. The maximum Gasteiger partial charge on any atom is 0.107 e. The molecular weight excluding hydrogens is 226 g/mol. The Bertz CT molecular complexity index is 479. The number of thiocarbonyl (C=S) groups is 1. The number of benzene rings is 2. The van der Waals surface area contributed by atoms with Gasteiger partial charge >= 0.3 is 0 Å². The lowest BCUT2D eigenvalue weighted by atomic mass is 10.1. The van der Waals surface area contributed by atoms with Gasteiger partial charge in [-0.3, -0.25) is 0 Å². The van der Waals surface area contributed by atoms with Crippen LogP contribution in [-0.2, 0) is 0 Å². The summed E-state index contributed by atoms with van der Waals surface area (Å²) in [5, 5.41) is 3.34. The van der Waals surface area contributed by atoms with Crippen molar-refractivity contribution < 1.29 is 0 Å². The normalized spacial score (nSPS) is 11.8. The van der Waals surface area contributed by atoms with E-state index in [-0.39, 0.29) is 6.04 Å². The molecule has 0 spiro atoms. The van der Waals surface area contributed by atoms with E-state index in [1.807, 2.05) is 48.5 Å². The van der Waals surface area contributed by atoms with E-state index in [9.17, 15) is 0 Å². The third-order valence-electron chi connectivity index (χ3n) is 2.68. The van der Waals surface area contributed by atoms with Crippen molar-refractivity contribution in [2.45, 2.75) is 13.0 Å². The number of hydrogen-bond acceptors (Lipinski definition) is 1. The minimum absolute atomic E-state index is 0.226. The van der Waals surface area contributed by atoms with Crippen molar-refractivity contribution in [3.63, 3.8) is 0 Å². The molecule has 86 valence electrons. The summed E-state index contributed by atoms with van der Waals surface area (Å²) in [5.41, 5.74) is 2.30. The minimum Gasteiger partial charge on any atom is -0.369 e. The molecule has 0 saturated heterocycles. The van der Waals surface area contributed by atoms with Gasteiger partial charge in [0.05, 0.1) is 0 Å². The van der Waals surface area contributed by atoms with Crippen LogP contribution in [0, 0.1) is 0 Å². The van der Waals surface area contributed by atoms with Crippen LogP contribution in [0.3, 0.4) is 0 Å². The van der Waals surface area contributed by atoms with E-state index in [1.165, 1.54) is 5.56 Å². The molecule has 0 saturated carbocycles. The molecule has 0 aromatic heterocycles. The zero-order valence-corrected chi connectivity index (χ0v) is 10.6. The summed E-state index contributed by atoms with van der Waals surface area (Å²) in [4.78, 5) is 0.793. The summed E-state index contributed by atoms with van der Waals surface area (Å²) in [6.07, 6.45) is 0. The first-order valence-electron chi connectivity index (χ1n) is 5.68. The second-order valence-electron chi connectivity index (χ2n) is 3.97. The molecule has 0 aliphatic carbocycles. The van der Waals surface area contributed by atoms with Gasteiger partial charge in [0.15, 0.2) is 0 Å². The maximum absolute atomic E-state index is 5.39. The Labute approximate surface area is 107 Å². The topological polar surface area (TPSA) is 12.0 Å². The molecule has 1 nitrogen and oxygen atoms in total. The van der Waals surface area contributed by atoms with Gasteiger partial charge in [-0.05, 0) is 12.5 Å². The molecule has 0 aliphatic rings. The molecular formula is C15H15NS. The van der Waals surface area contributed by atoms with Crippen molar-refractivity contribution in [1.82, 2.24) is 5.32 Å². The van der Waals surface area contributed by atoms with E-state index in [0.29, 0.717) is 0 Å². The van der Waals surface area contributed by atoms with Crippen LogP contribution in [0.2, 0.25) is 0 Å². The Morgan fingerprint density at radius 2 is 1.47 bits per heavy atom. The molecule has 1 atom stereocenters. The lowest BCUT2D eigenvalue weighted by Gasteiger charge is -2.16. The van der Waals surface area contributed by atoms with Crippen molar-refractivity contribution >= 4 is 17.2 Å². The van der Waals surface area contributed by atoms with Crippen molar-refractivity contribution in [2.75, 3.05) is 0 Å². The molecule has 17 heavy (non-hydrogen) atoms. The highest BCUT2D eigenvalue weighted by molar-refractivity contribution is 7.80. The average Bonchev–Trinajstić information content (AvgIpc) is 2.40. The Morgan fingerprint density at radius 3 is 2.06 bits per heavy atom. The second-order valence-corrected chi connectivity index (χ2v) is 4.38. The van der Waals surface area contributed by atoms with Gasteiger partial charge in [0.1, 0.15) is 4.99 Å². The Balaban J connectivity index is 2.05. The van der Waals surface area contributed by atoms with Crippen molar-refractivity contribution in [3.05, 3.63) is 71.8 Å². The van der Waals surface area contributed by atoms with Crippen molar-refractivity contribution in [2.24, 2.45) is 0 Å². The van der Waals surface area contributed by atoms with E-state index in [1.54, 1.807) is 0 Å². The molecule has 2 rings (SSSR count). The van der Waals surface area contributed by atoms with Crippen LogP contribution < -0.4 is 5.32 Å². The summed E-state index contributed by atoms with van der Waals surface area (Å²) in [6, 6.07) is 20.6. The predicted molar refractivity (Wildman–Crippen MR) is 76.1 cm³/mol. The fraction of sp³-hybridized carbons (Fsp3) is 0.133. The van der Waals surface area contributed by atoms with Gasteiger partial charge in [0, 0.05) is 11.6 Å². The molecule has 0 fully saturated rings. The fourth-order valence-electron chi connectivity index (χ4n) is 1.69. The number of rotatable bonds is 3. The third kappa shape index (κ3) is 3.14. The molecule has 2 aromatic rings. The van der Waals surface area contributed by atoms with Gasteiger partial charge in [0.25, 0.3) is 0 Å². The quantitative estimate of drug-likeness (QED) is 0.822. The smallest absolute Gasteiger partial charge is 0.107 e. The molecule has 1 N–H and O–H groups in total. The lowest BCUT2D eigenvalue weighted by Crippen LogP contribution is -2.25. The molecule has 2 aromatic carbocycles. The number of nitrogens with one attached hydrogen (secondary N) is 1. The Morgan fingerprint density at radius 1 is 0.941 bits per heavy atom. The van der Waals surface area contributed by atoms with Gasteiger partial charge in [-0.15, -0.1) is 0 Å². The monoisotopic (exact) mass is 241 g/mol. The van der Waals surface area contributed by atoms with Crippen LogP contribution >= 0.6 is 12.2 Å². The van der Waals surface area contributed by atoms with Gasteiger partial charge in [0.2, 0.25) is 0 Å². The predicted octanol–water partition coefficient (Wildman–Crippen LogP) is 3.71. The van der Waals surface area contributed by atoms with E-state index in [0.717, 1.165) is 10.6 Å². The minimum atomic E-state index is 0.226. The van der Waals surface area contributed by atoms with Crippen LogP contribution in [0.15, 0.2) is 60.7 Å². The Hall–Kier alpha value is -1.67. The molecule has 0 radical (unpaired) electrons. The SMILES string of the molecule is C[C@@H](NC(=S)c1ccccc1)c1ccccc1. The van der Waals surface area contributed by atoms with Crippen molar-refractivity contribution in [3.8, 4) is 0 Å². The van der Waals surface area contributed by atoms with Gasteiger partial charge in [-0.25, -0.2) is 0 Å². The molecule has 0 heterocycles.